The molecule has 0 amide bonds. The van der Waals surface area contributed by atoms with Crippen LogP contribution in [0.4, 0.5) is 0 Å². The van der Waals surface area contributed by atoms with Gasteiger partial charge in [0.1, 0.15) is 6.34 Å². The number of hydrogen-bond donors (Lipinski definition) is 0. The molecule has 2 heteroatoms. The first-order chi connectivity index (χ1) is 4.81. The van der Waals surface area contributed by atoms with Crippen molar-refractivity contribution in [2.24, 2.45) is 9.98 Å². The van der Waals surface area contributed by atoms with Crippen LogP contribution in [0.3, 0.4) is 0 Å². The number of rotatable bonds is 3. The van der Waals surface area contributed by atoms with Crippen LogP contribution in [0.5, 0.6) is 0 Å². The number of allylic oxidation sites excluding steroid dienone is 1. The minimum atomic E-state index is 1.05. The molecule has 10 heavy (non-hydrogen) atoms. The fraction of sp³-hybridized carbons (Fsp3) is 0.500. The van der Waals surface area contributed by atoms with Gasteiger partial charge in [-0.1, -0.05) is 12.5 Å². The van der Waals surface area contributed by atoms with Crippen LogP contribution in [0.1, 0.15) is 27.2 Å². The molecule has 0 rings (SSSR count). The van der Waals surface area contributed by atoms with Gasteiger partial charge in [0, 0.05) is 12.4 Å². The lowest BCUT2D eigenvalue weighted by molar-refractivity contribution is 1.09. The first-order valence-electron chi connectivity index (χ1n) is 3.46. The molecule has 0 unspecified atom stereocenters. The molecule has 0 atom stereocenters. The van der Waals surface area contributed by atoms with E-state index in [1.165, 1.54) is 5.57 Å². The van der Waals surface area contributed by atoms with Gasteiger partial charge in [0.25, 0.3) is 0 Å². The summed E-state index contributed by atoms with van der Waals surface area (Å²) in [5.41, 5.74) is 1.27. The van der Waals surface area contributed by atoms with E-state index < -0.39 is 0 Å². The lowest BCUT2D eigenvalue weighted by atomic mass is 10.3. The highest BCUT2D eigenvalue weighted by molar-refractivity contribution is 5.70. The molecule has 0 aliphatic rings. The summed E-state index contributed by atoms with van der Waals surface area (Å²) in [6.45, 7) is 6.01. The topological polar surface area (TPSA) is 24.7 Å². The first kappa shape index (κ1) is 9.08. The van der Waals surface area contributed by atoms with E-state index in [0.717, 1.165) is 6.42 Å². The van der Waals surface area contributed by atoms with Gasteiger partial charge in [-0.25, -0.2) is 9.98 Å². The highest BCUT2D eigenvalue weighted by atomic mass is 14.8. The second-order valence-corrected chi connectivity index (χ2v) is 2.00. The Bertz CT molecular complexity index is 155. The van der Waals surface area contributed by atoms with Gasteiger partial charge in [-0.3, -0.25) is 0 Å². The summed E-state index contributed by atoms with van der Waals surface area (Å²) in [6.07, 6.45) is 6.12. The normalized spacial score (nSPS) is 13.7. The second kappa shape index (κ2) is 6.20. The van der Waals surface area contributed by atoms with Gasteiger partial charge in [0.05, 0.1) is 0 Å². The molecule has 0 aromatic carbocycles. The average Bonchev–Trinajstić information content (AvgIpc) is 1.98. The number of aliphatic imine (C=N–C) groups is 2. The van der Waals surface area contributed by atoms with E-state index in [9.17, 15) is 0 Å². The van der Waals surface area contributed by atoms with E-state index >= 15 is 0 Å². The Morgan fingerprint density at radius 3 is 2.60 bits per heavy atom. The molecule has 0 aromatic heterocycles. The standard InChI is InChI=1S/C8H14N2/c1-4-8(3)6-10-7-9-5-2/h5-7H,4H2,1-3H3/b8-6+,9-5?,10-7?. The van der Waals surface area contributed by atoms with Crippen molar-refractivity contribution in [1.82, 2.24) is 0 Å². The van der Waals surface area contributed by atoms with Gasteiger partial charge >= 0.3 is 0 Å². The Morgan fingerprint density at radius 1 is 1.40 bits per heavy atom. The van der Waals surface area contributed by atoms with Crippen molar-refractivity contribution < 1.29 is 0 Å². The predicted octanol–water partition coefficient (Wildman–Crippen LogP) is 2.42. The Labute approximate surface area is 62.4 Å². The minimum Gasteiger partial charge on any atom is -0.250 e. The van der Waals surface area contributed by atoms with E-state index in [0.29, 0.717) is 0 Å². The van der Waals surface area contributed by atoms with Crippen LogP contribution in [0.15, 0.2) is 21.8 Å². The predicted molar refractivity (Wildman–Crippen MR) is 46.7 cm³/mol. The van der Waals surface area contributed by atoms with Crippen LogP contribution in [-0.2, 0) is 0 Å². The monoisotopic (exact) mass is 138 g/mol. The molecule has 0 N–H and O–H groups in total. The molecule has 0 heterocycles. The Hall–Kier alpha value is -0.920. The molecular formula is C8H14N2. The fourth-order valence-corrected chi connectivity index (χ4v) is 0.357. The van der Waals surface area contributed by atoms with Crippen LogP contribution >= 0.6 is 0 Å². The maximum absolute atomic E-state index is 3.95. The minimum absolute atomic E-state index is 1.05. The zero-order chi connectivity index (χ0) is 7.82. The summed E-state index contributed by atoms with van der Waals surface area (Å²) in [5.74, 6) is 0. The Kier molecular flexibility index (Phi) is 5.63. The quantitative estimate of drug-likeness (QED) is 0.422. The molecule has 0 bridgehead atoms. The fourth-order valence-electron chi connectivity index (χ4n) is 0.357. The zero-order valence-corrected chi connectivity index (χ0v) is 6.83. The Balaban J connectivity index is 3.70. The van der Waals surface area contributed by atoms with E-state index in [-0.39, 0.29) is 0 Å². The number of nitrogens with zero attached hydrogens (tertiary/aromatic N) is 2. The molecule has 0 saturated carbocycles. The second-order valence-electron chi connectivity index (χ2n) is 2.00. The summed E-state index contributed by atoms with van der Waals surface area (Å²) in [5, 5.41) is 0. The molecule has 0 saturated heterocycles. The largest absolute Gasteiger partial charge is 0.250 e. The lowest BCUT2D eigenvalue weighted by Gasteiger charge is -1.86. The number of hydrogen-bond acceptors (Lipinski definition) is 1. The van der Waals surface area contributed by atoms with Gasteiger partial charge in [-0.15, -0.1) is 0 Å². The van der Waals surface area contributed by atoms with E-state index in [4.69, 9.17) is 0 Å². The molecule has 56 valence electrons. The SMILES string of the molecule is CC=NC=N/C=C(\C)CC. The first-order valence-corrected chi connectivity index (χ1v) is 3.46. The molecule has 2 nitrogen and oxygen atoms in total. The summed E-state index contributed by atoms with van der Waals surface area (Å²) in [4.78, 5) is 7.76. The summed E-state index contributed by atoms with van der Waals surface area (Å²) in [7, 11) is 0. The van der Waals surface area contributed by atoms with Crippen LogP contribution in [0, 0.1) is 0 Å². The van der Waals surface area contributed by atoms with Crippen molar-refractivity contribution in [3.05, 3.63) is 11.8 Å². The van der Waals surface area contributed by atoms with Crippen molar-refractivity contribution in [3.63, 3.8) is 0 Å². The third kappa shape index (κ3) is 5.22. The van der Waals surface area contributed by atoms with Gasteiger partial charge < -0.3 is 0 Å². The van der Waals surface area contributed by atoms with Crippen LogP contribution in [0.25, 0.3) is 0 Å². The van der Waals surface area contributed by atoms with Crippen molar-refractivity contribution in [2.45, 2.75) is 27.2 Å². The van der Waals surface area contributed by atoms with Crippen molar-refractivity contribution in [3.8, 4) is 0 Å². The Morgan fingerprint density at radius 2 is 2.10 bits per heavy atom. The maximum Gasteiger partial charge on any atom is 0.114 e. The molecule has 0 aromatic rings. The van der Waals surface area contributed by atoms with E-state index in [1.54, 1.807) is 12.6 Å². The highest BCUT2D eigenvalue weighted by Crippen LogP contribution is 1.96. The summed E-state index contributed by atoms with van der Waals surface area (Å²) >= 11 is 0. The van der Waals surface area contributed by atoms with Crippen LogP contribution < -0.4 is 0 Å². The highest BCUT2D eigenvalue weighted by Gasteiger charge is 1.77. The third-order valence-electron chi connectivity index (χ3n) is 1.14. The van der Waals surface area contributed by atoms with E-state index in [1.807, 2.05) is 20.0 Å². The van der Waals surface area contributed by atoms with Gasteiger partial charge in [0.2, 0.25) is 0 Å². The van der Waals surface area contributed by atoms with Gasteiger partial charge in [-0.05, 0) is 20.3 Å². The maximum atomic E-state index is 3.95. The van der Waals surface area contributed by atoms with Crippen molar-refractivity contribution >= 4 is 12.6 Å². The molecule has 0 radical (unpaired) electrons. The molecule has 0 fully saturated rings. The van der Waals surface area contributed by atoms with E-state index in [2.05, 4.69) is 16.9 Å². The van der Waals surface area contributed by atoms with Crippen LogP contribution in [0.2, 0.25) is 0 Å². The molecule has 0 aliphatic carbocycles. The average molecular weight is 138 g/mol. The molecular weight excluding hydrogens is 124 g/mol. The molecule has 0 spiro atoms. The van der Waals surface area contributed by atoms with Gasteiger partial charge in [0.15, 0.2) is 0 Å². The zero-order valence-electron chi connectivity index (χ0n) is 6.83. The van der Waals surface area contributed by atoms with Gasteiger partial charge in [-0.2, -0.15) is 0 Å². The van der Waals surface area contributed by atoms with Crippen LogP contribution in [-0.4, -0.2) is 12.6 Å². The van der Waals surface area contributed by atoms with Crippen molar-refractivity contribution in [1.29, 1.82) is 0 Å². The smallest absolute Gasteiger partial charge is 0.114 e. The summed E-state index contributed by atoms with van der Waals surface area (Å²) in [6, 6.07) is 0. The molecule has 0 aliphatic heterocycles. The summed E-state index contributed by atoms with van der Waals surface area (Å²) < 4.78 is 0. The van der Waals surface area contributed by atoms with Crippen molar-refractivity contribution in [2.75, 3.05) is 0 Å². The lowest BCUT2D eigenvalue weighted by Crippen LogP contribution is -1.69. The third-order valence-corrected chi connectivity index (χ3v) is 1.14.